The van der Waals surface area contributed by atoms with Crippen molar-refractivity contribution in [3.63, 3.8) is 0 Å². The van der Waals surface area contributed by atoms with Crippen LogP contribution < -0.4 is 5.32 Å². The van der Waals surface area contributed by atoms with E-state index in [1.54, 1.807) is 0 Å². The molecule has 0 aromatic carbocycles. The first-order chi connectivity index (χ1) is 10.1. The molecule has 0 fully saturated rings. The minimum Gasteiger partial charge on any atom is -0.348 e. The predicted octanol–water partition coefficient (Wildman–Crippen LogP) is 3.94. The standard InChI is InChI=1S/C18H27N3/c1-5-9-20-18(14(2)3)16-8-11-21(12-16)13-17-15(4)7-6-10-19-17/h6-8,10-12,14,18,20H,5,9,13H2,1-4H3. The maximum atomic E-state index is 4.48. The van der Waals surface area contributed by atoms with Crippen molar-refractivity contribution in [1.82, 2.24) is 14.9 Å². The van der Waals surface area contributed by atoms with E-state index < -0.39 is 0 Å². The van der Waals surface area contributed by atoms with Crippen molar-refractivity contribution in [2.75, 3.05) is 6.54 Å². The van der Waals surface area contributed by atoms with Gasteiger partial charge in [-0.05, 0) is 49.1 Å². The van der Waals surface area contributed by atoms with Crippen molar-refractivity contribution in [3.8, 4) is 0 Å². The molecule has 21 heavy (non-hydrogen) atoms. The molecule has 2 rings (SSSR count). The largest absolute Gasteiger partial charge is 0.348 e. The van der Waals surface area contributed by atoms with Gasteiger partial charge in [-0.25, -0.2) is 0 Å². The zero-order valence-electron chi connectivity index (χ0n) is 13.6. The van der Waals surface area contributed by atoms with Crippen LogP contribution in [0.4, 0.5) is 0 Å². The SMILES string of the molecule is CCCNC(c1ccn(Cc2ncccc2C)c1)C(C)C. The van der Waals surface area contributed by atoms with Gasteiger partial charge in [-0.15, -0.1) is 0 Å². The van der Waals surface area contributed by atoms with Gasteiger partial charge in [0.15, 0.2) is 0 Å². The van der Waals surface area contributed by atoms with Crippen LogP contribution in [-0.4, -0.2) is 16.1 Å². The lowest BCUT2D eigenvalue weighted by Gasteiger charge is -2.21. The van der Waals surface area contributed by atoms with Gasteiger partial charge >= 0.3 is 0 Å². The number of hydrogen-bond acceptors (Lipinski definition) is 2. The normalized spacial score (nSPS) is 12.8. The molecule has 0 aliphatic heterocycles. The van der Waals surface area contributed by atoms with E-state index in [0.29, 0.717) is 12.0 Å². The Bertz CT molecular complexity index is 557. The van der Waals surface area contributed by atoms with Gasteiger partial charge in [0, 0.05) is 24.6 Å². The Morgan fingerprint density at radius 2 is 2.10 bits per heavy atom. The molecule has 0 aliphatic carbocycles. The molecule has 3 heteroatoms. The second kappa shape index (κ2) is 7.41. The Kier molecular flexibility index (Phi) is 5.57. The van der Waals surface area contributed by atoms with Crippen molar-refractivity contribution >= 4 is 0 Å². The van der Waals surface area contributed by atoms with Crippen LogP contribution >= 0.6 is 0 Å². The van der Waals surface area contributed by atoms with Crippen molar-refractivity contribution in [1.29, 1.82) is 0 Å². The van der Waals surface area contributed by atoms with Gasteiger partial charge in [-0.3, -0.25) is 4.98 Å². The second-order valence-corrected chi connectivity index (χ2v) is 6.06. The summed E-state index contributed by atoms with van der Waals surface area (Å²) in [4.78, 5) is 4.48. The van der Waals surface area contributed by atoms with Gasteiger partial charge in [0.05, 0.1) is 12.2 Å². The van der Waals surface area contributed by atoms with Gasteiger partial charge in [0.1, 0.15) is 0 Å². The summed E-state index contributed by atoms with van der Waals surface area (Å²) in [5.41, 5.74) is 3.76. The van der Waals surface area contributed by atoms with E-state index in [4.69, 9.17) is 0 Å². The molecule has 0 amide bonds. The van der Waals surface area contributed by atoms with Crippen LogP contribution in [0.25, 0.3) is 0 Å². The molecule has 2 heterocycles. The molecule has 1 N–H and O–H groups in total. The summed E-state index contributed by atoms with van der Waals surface area (Å²) in [5.74, 6) is 0.587. The molecule has 0 saturated heterocycles. The summed E-state index contributed by atoms with van der Waals surface area (Å²) in [6.45, 7) is 10.8. The van der Waals surface area contributed by atoms with Crippen LogP contribution in [0.5, 0.6) is 0 Å². The number of nitrogens with zero attached hydrogens (tertiary/aromatic N) is 2. The molecule has 0 bridgehead atoms. The van der Waals surface area contributed by atoms with Crippen LogP contribution in [0.3, 0.4) is 0 Å². The summed E-state index contributed by atoms with van der Waals surface area (Å²) >= 11 is 0. The lowest BCUT2D eigenvalue weighted by atomic mass is 9.98. The first-order valence-corrected chi connectivity index (χ1v) is 7.91. The van der Waals surface area contributed by atoms with Crippen molar-refractivity contribution in [2.45, 2.75) is 46.7 Å². The maximum absolute atomic E-state index is 4.48. The molecule has 2 aromatic heterocycles. The molecular formula is C18H27N3. The van der Waals surface area contributed by atoms with Gasteiger partial charge in [-0.1, -0.05) is 26.8 Å². The molecule has 114 valence electrons. The lowest BCUT2D eigenvalue weighted by molar-refractivity contribution is 0.412. The second-order valence-electron chi connectivity index (χ2n) is 6.06. The van der Waals surface area contributed by atoms with E-state index in [2.05, 4.69) is 67.1 Å². The monoisotopic (exact) mass is 285 g/mol. The highest BCUT2D eigenvalue weighted by Crippen LogP contribution is 2.22. The fourth-order valence-corrected chi connectivity index (χ4v) is 2.64. The average molecular weight is 285 g/mol. The molecule has 1 unspecified atom stereocenters. The van der Waals surface area contributed by atoms with Crippen LogP contribution in [0.2, 0.25) is 0 Å². The van der Waals surface area contributed by atoms with Crippen LogP contribution in [0, 0.1) is 12.8 Å². The predicted molar refractivity (Wildman–Crippen MR) is 88.4 cm³/mol. The highest BCUT2D eigenvalue weighted by atomic mass is 15.0. The van der Waals surface area contributed by atoms with Crippen LogP contribution in [0.15, 0.2) is 36.8 Å². The number of pyridine rings is 1. The molecule has 0 aliphatic rings. The number of hydrogen-bond donors (Lipinski definition) is 1. The number of aromatic nitrogens is 2. The summed E-state index contributed by atoms with van der Waals surface area (Å²) in [6, 6.07) is 6.76. The zero-order valence-corrected chi connectivity index (χ0v) is 13.6. The molecular weight excluding hydrogens is 258 g/mol. The summed E-state index contributed by atoms with van der Waals surface area (Å²) in [5, 5.41) is 3.64. The van der Waals surface area contributed by atoms with Gasteiger partial charge in [0.25, 0.3) is 0 Å². The van der Waals surface area contributed by atoms with Crippen molar-refractivity contribution in [2.24, 2.45) is 5.92 Å². The van der Waals surface area contributed by atoms with Crippen LogP contribution in [-0.2, 0) is 6.54 Å². The number of nitrogens with one attached hydrogen (secondary N) is 1. The highest BCUT2D eigenvalue weighted by molar-refractivity contribution is 5.21. The Morgan fingerprint density at radius 3 is 2.76 bits per heavy atom. The summed E-state index contributed by atoms with van der Waals surface area (Å²) in [6.07, 6.45) is 7.44. The topological polar surface area (TPSA) is 29.9 Å². The van der Waals surface area contributed by atoms with Crippen molar-refractivity contribution < 1.29 is 0 Å². The zero-order chi connectivity index (χ0) is 15.2. The number of aryl methyl sites for hydroxylation is 1. The van der Waals surface area contributed by atoms with E-state index in [0.717, 1.165) is 25.2 Å². The quantitative estimate of drug-likeness (QED) is 0.835. The molecule has 1 atom stereocenters. The Morgan fingerprint density at radius 1 is 1.29 bits per heavy atom. The van der Waals surface area contributed by atoms with E-state index in [9.17, 15) is 0 Å². The molecule has 0 spiro atoms. The third kappa shape index (κ3) is 4.18. The minimum absolute atomic E-state index is 0.427. The third-order valence-corrected chi connectivity index (χ3v) is 3.86. The fraction of sp³-hybridized carbons (Fsp3) is 0.500. The van der Waals surface area contributed by atoms with E-state index >= 15 is 0 Å². The maximum Gasteiger partial charge on any atom is 0.0645 e. The smallest absolute Gasteiger partial charge is 0.0645 e. The Labute approximate surface area is 128 Å². The van der Waals surface area contributed by atoms with Crippen LogP contribution in [0.1, 0.15) is 50.1 Å². The first-order valence-electron chi connectivity index (χ1n) is 7.91. The van der Waals surface area contributed by atoms with E-state index in [1.807, 2.05) is 12.3 Å². The van der Waals surface area contributed by atoms with Gasteiger partial charge in [0.2, 0.25) is 0 Å². The highest BCUT2D eigenvalue weighted by Gasteiger charge is 2.16. The first kappa shape index (κ1) is 15.8. The summed E-state index contributed by atoms with van der Waals surface area (Å²) < 4.78 is 2.23. The average Bonchev–Trinajstić information content (AvgIpc) is 2.90. The minimum atomic E-state index is 0.427. The number of rotatable bonds is 7. The van der Waals surface area contributed by atoms with E-state index in [-0.39, 0.29) is 0 Å². The van der Waals surface area contributed by atoms with E-state index in [1.165, 1.54) is 11.1 Å². The third-order valence-electron chi connectivity index (χ3n) is 3.86. The Hall–Kier alpha value is -1.61. The van der Waals surface area contributed by atoms with Gasteiger partial charge in [-0.2, -0.15) is 0 Å². The Balaban J connectivity index is 2.11. The van der Waals surface area contributed by atoms with Gasteiger partial charge < -0.3 is 9.88 Å². The fourth-order valence-electron chi connectivity index (χ4n) is 2.64. The molecule has 3 nitrogen and oxygen atoms in total. The lowest BCUT2D eigenvalue weighted by Crippen LogP contribution is -2.26. The van der Waals surface area contributed by atoms with Crippen molar-refractivity contribution in [3.05, 3.63) is 53.6 Å². The molecule has 0 saturated carbocycles. The molecule has 0 radical (unpaired) electrons. The summed E-state index contributed by atoms with van der Waals surface area (Å²) in [7, 11) is 0. The molecule has 2 aromatic rings.